The molecule has 1 amide bonds. The van der Waals surface area contributed by atoms with Gasteiger partial charge in [-0.15, -0.1) is 0 Å². The number of hydrogen-bond donors (Lipinski definition) is 0. The highest BCUT2D eigenvalue weighted by Gasteiger charge is 2.37. The van der Waals surface area contributed by atoms with Crippen LogP contribution < -0.4 is 0 Å². The summed E-state index contributed by atoms with van der Waals surface area (Å²) in [7, 11) is 0. The molecule has 3 aliphatic rings. The summed E-state index contributed by atoms with van der Waals surface area (Å²) in [6, 6.07) is 20.3. The van der Waals surface area contributed by atoms with Crippen molar-refractivity contribution in [3.8, 4) is 6.07 Å². The second-order valence-electron chi connectivity index (χ2n) is 8.06. The molecule has 3 fully saturated rings. The quantitative estimate of drug-likeness (QED) is 0.802. The number of piperidine rings is 1. The Kier molecular flexibility index (Phi) is 5.73. The molecule has 0 spiro atoms. The SMILES string of the molecule is N#Cc1ccccc1C(=O)N1C[C@H]2CC[C@@H]1CN(CCCc1ccccc1)C2. The first-order chi connectivity index (χ1) is 13.7. The molecule has 28 heavy (non-hydrogen) atoms. The van der Waals surface area contributed by atoms with Crippen LogP contribution in [0, 0.1) is 17.2 Å². The lowest BCUT2D eigenvalue weighted by Crippen LogP contribution is -2.47. The predicted molar refractivity (Wildman–Crippen MR) is 110 cm³/mol. The Bertz CT molecular complexity index is 858. The van der Waals surface area contributed by atoms with E-state index >= 15 is 0 Å². The maximum Gasteiger partial charge on any atom is 0.255 e. The first-order valence-corrected chi connectivity index (χ1v) is 10.3. The van der Waals surface area contributed by atoms with Gasteiger partial charge in [0.05, 0.1) is 17.2 Å². The molecule has 4 heteroatoms. The van der Waals surface area contributed by atoms with E-state index in [-0.39, 0.29) is 11.9 Å². The van der Waals surface area contributed by atoms with E-state index in [1.165, 1.54) is 12.0 Å². The van der Waals surface area contributed by atoms with E-state index in [4.69, 9.17) is 0 Å². The molecule has 0 aliphatic carbocycles. The minimum absolute atomic E-state index is 0.0259. The standard InChI is InChI=1S/C24H27N3O/c25-15-21-10-4-5-11-23(21)24(28)27-17-20-12-13-22(27)18-26(16-20)14-6-9-19-7-2-1-3-8-19/h1-5,7-8,10-11,20,22H,6,9,12-14,16-18H2/t20-,22+/m0/s1. The molecule has 0 N–H and O–H groups in total. The summed E-state index contributed by atoms with van der Waals surface area (Å²) in [6.07, 6.45) is 4.52. The van der Waals surface area contributed by atoms with Gasteiger partial charge in [-0.1, -0.05) is 42.5 Å². The van der Waals surface area contributed by atoms with Crippen LogP contribution in [-0.4, -0.2) is 47.9 Å². The van der Waals surface area contributed by atoms with Gasteiger partial charge >= 0.3 is 0 Å². The molecule has 3 saturated heterocycles. The van der Waals surface area contributed by atoms with E-state index in [0.717, 1.165) is 45.4 Å². The number of nitrogens with zero attached hydrogens (tertiary/aromatic N) is 3. The van der Waals surface area contributed by atoms with Crippen LogP contribution >= 0.6 is 0 Å². The number of fused-ring (bicyclic) bond motifs is 4. The van der Waals surface area contributed by atoms with Gasteiger partial charge in [-0.2, -0.15) is 5.26 Å². The number of aryl methyl sites for hydroxylation is 1. The summed E-state index contributed by atoms with van der Waals surface area (Å²) in [6.45, 7) is 3.93. The molecule has 2 atom stereocenters. The number of carbonyl (C=O) groups excluding carboxylic acids is 1. The Morgan fingerprint density at radius 1 is 1.00 bits per heavy atom. The Labute approximate surface area is 167 Å². The van der Waals surface area contributed by atoms with Crippen molar-refractivity contribution in [1.29, 1.82) is 5.26 Å². The molecular weight excluding hydrogens is 346 g/mol. The minimum Gasteiger partial charge on any atom is -0.334 e. The van der Waals surface area contributed by atoms with Crippen molar-refractivity contribution in [2.75, 3.05) is 26.2 Å². The molecule has 4 nitrogen and oxygen atoms in total. The van der Waals surface area contributed by atoms with Gasteiger partial charge < -0.3 is 9.80 Å². The fourth-order valence-corrected chi connectivity index (χ4v) is 4.68. The van der Waals surface area contributed by atoms with E-state index in [1.54, 1.807) is 12.1 Å². The third kappa shape index (κ3) is 4.10. The smallest absolute Gasteiger partial charge is 0.255 e. The lowest BCUT2D eigenvalue weighted by molar-refractivity contribution is 0.0585. The second-order valence-corrected chi connectivity index (χ2v) is 8.06. The molecule has 3 heterocycles. The highest BCUT2D eigenvalue weighted by atomic mass is 16.2. The van der Waals surface area contributed by atoms with Gasteiger partial charge in [0.1, 0.15) is 0 Å². The lowest BCUT2D eigenvalue weighted by Gasteiger charge is -2.36. The molecule has 144 valence electrons. The van der Waals surface area contributed by atoms with Crippen molar-refractivity contribution in [3.05, 3.63) is 71.3 Å². The Hall–Kier alpha value is -2.64. The summed E-state index contributed by atoms with van der Waals surface area (Å²) >= 11 is 0. The van der Waals surface area contributed by atoms with Crippen LogP contribution in [0.25, 0.3) is 0 Å². The topological polar surface area (TPSA) is 47.3 Å². The van der Waals surface area contributed by atoms with Crippen LogP contribution in [0.15, 0.2) is 54.6 Å². The molecule has 2 aromatic carbocycles. The maximum absolute atomic E-state index is 13.2. The van der Waals surface area contributed by atoms with Crippen molar-refractivity contribution < 1.29 is 4.79 Å². The van der Waals surface area contributed by atoms with Crippen LogP contribution in [-0.2, 0) is 6.42 Å². The van der Waals surface area contributed by atoms with E-state index in [0.29, 0.717) is 17.0 Å². The largest absolute Gasteiger partial charge is 0.334 e. The number of amides is 1. The lowest BCUT2D eigenvalue weighted by atomic mass is 9.94. The van der Waals surface area contributed by atoms with Crippen molar-refractivity contribution in [2.45, 2.75) is 31.7 Å². The van der Waals surface area contributed by atoms with E-state index in [1.807, 2.05) is 17.0 Å². The number of rotatable bonds is 5. The molecule has 2 bridgehead atoms. The zero-order valence-electron chi connectivity index (χ0n) is 16.3. The molecule has 2 aromatic rings. The van der Waals surface area contributed by atoms with Gasteiger partial charge in [0.2, 0.25) is 0 Å². The molecule has 0 radical (unpaired) electrons. The summed E-state index contributed by atoms with van der Waals surface area (Å²) in [5.74, 6) is 0.562. The van der Waals surface area contributed by atoms with Gasteiger partial charge in [0, 0.05) is 25.7 Å². The van der Waals surface area contributed by atoms with Gasteiger partial charge in [0.25, 0.3) is 5.91 Å². The van der Waals surface area contributed by atoms with Gasteiger partial charge in [-0.25, -0.2) is 0 Å². The van der Waals surface area contributed by atoms with Gasteiger partial charge in [-0.05, 0) is 55.8 Å². The summed E-state index contributed by atoms with van der Waals surface area (Å²) in [5.41, 5.74) is 2.42. The van der Waals surface area contributed by atoms with E-state index < -0.39 is 0 Å². The average molecular weight is 374 g/mol. The monoisotopic (exact) mass is 373 g/mol. The van der Waals surface area contributed by atoms with Gasteiger partial charge in [-0.3, -0.25) is 4.79 Å². The third-order valence-corrected chi connectivity index (χ3v) is 6.11. The Morgan fingerprint density at radius 3 is 2.61 bits per heavy atom. The zero-order chi connectivity index (χ0) is 19.3. The van der Waals surface area contributed by atoms with Crippen LogP contribution in [0.3, 0.4) is 0 Å². The predicted octanol–water partition coefficient (Wildman–Crippen LogP) is 3.73. The van der Waals surface area contributed by atoms with Crippen molar-refractivity contribution in [3.63, 3.8) is 0 Å². The van der Waals surface area contributed by atoms with E-state index in [9.17, 15) is 10.1 Å². The highest BCUT2D eigenvalue weighted by molar-refractivity contribution is 5.97. The van der Waals surface area contributed by atoms with Crippen LogP contribution in [0.2, 0.25) is 0 Å². The number of carbonyl (C=O) groups is 1. The fraction of sp³-hybridized carbons (Fsp3) is 0.417. The van der Waals surface area contributed by atoms with Gasteiger partial charge in [0.15, 0.2) is 0 Å². The van der Waals surface area contributed by atoms with Crippen LogP contribution in [0.5, 0.6) is 0 Å². The third-order valence-electron chi connectivity index (χ3n) is 6.11. The zero-order valence-corrected chi connectivity index (χ0v) is 16.3. The Morgan fingerprint density at radius 2 is 1.79 bits per heavy atom. The normalized spacial score (nSPS) is 21.9. The van der Waals surface area contributed by atoms with Crippen molar-refractivity contribution in [2.24, 2.45) is 5.92 Å². The number of nitriles is 1. The summed E-state index contributed by atoms with van der Waals surface area (Å²) < 4.78 is 0. The van der Waals surface area contributed by atoms with Crippen molar-refractivity contribution in [1.82, 2.24) is 9.80 Å². The first kappa shape index (κ1) is 18.7. The second kappa shape index (κ2) is 8.58. The molecule has 0 unspecified atom stereocenters. The average Bonchev–Trinajstić information content (AvgIpc) is 3.05. The molecule has 0 saturated carbocycles. The number of hydrogen-bond acceptors (Lipinski definition) is 3. The highest BCUT2D eigenvalue weighted by Crippen LogP contribution is 2.30. The van der Waals surface area contributed by atoms with Crippen LogP contribution in [0.1, 0.15) is 40.7 Å². The fourth-order valence-electron chi connectivity index (χ4n) is 4.68. The number of benzene rings is 2. The first-order valence-electron chi connectivity index (χ1n) is 10.3. The molecule has 3 aliphatic heterocycles. The maximum atomic E-state index is 13.2. The minimum atomic E-state index is 0.0259. The summed E-state index contributed by atoms with van der Waals surface area (Å²) in [4.78, 5) is 17.8. The van der Waals surface area contributed by atoms with E-state index in [2.05, 4.69) is 41.3 Å². The summed E-state index contributed by atoms with van der Waals surface area (Å²) in [5, 5.41) is 9.36. The Balaban J connectivity index is 1.40. The molecule has 5 rings (SSSR count). The molecule has 0 aromatic heterocycles. The van der Waals surface area contributed by atoms with Crippen molar-refractivity contribution >= 4 is 5.91 Å². The van der Waals surface area contributed by atoms with Crippen LogP contribution in [0.4, 0.5) is 0 Å². The molecular formula is C24H27N3O.